The Morgan fingerprint density at radius 3 is 2.42 bits per heavy atom. The number of rotatable bonds is 8. The Morgan fingerprint density at radius 2 is 1.67 bits per heavy atom. The molecular weight excluding hydrogens is 502 g/mol. The standard InChI is InChI=1S/C26H22BrNO4S/c1-18-4-2-6-22(14-18)31-13-12-28-25(29)24(33-26(28)30)16-20-5-3-7-23(15-20)32-17-19-8-10-21(27)11-9-19/h2-11,14-16H,12-13,17H2,1H3/b24-16-. The van der Waals surface area contributed by atoms with E-state index in [1.807, 2.05) is 79.7 Å². The lowest BCUT2D eigenvalue weighted by Crippen LogP contribution is -2.32. The van der Waals surface area contributed by atoms with Gasteiger partial charge in [-0.2, -0.15) is 0 Å². The number of hydrogen-bond acceptors (Lipinski definition) is 5. The van der Waals surface area contributed by atoms with Gasteiger partial charge in [0.1, 0.15) is 24.7 Å². The monoisotopic (exact) mass is 523 g/mol. The van der Waals surface area contributed by atoms with Crippen molar-refractivity contribution in [1.82, 2.24) is 4.90 Å². The number of hydrogen-bond donors (Lipinski definition) is 0. The molecule has 1 saturated heterocycles. The van der Waals surface area contributed by atoms with Crippen LogP contribution in [0.1, 0.15) is 16.7 Å². The van der Waals surface area contributed by atoms with Crippen LogP contribution in [0.15, 0.2) is 82.2 Å². The van der Waals surface area contributed by atoms with Gasteiger partial charge in [-0.3, -0.25) is 14.5 Å². The molecular formula is C26H22BrNO4S. The SMILES string of the molecule is Cc1cccc(OCCN2C(=O)S/C(=C\c3cccc(OCc4ccc(Br)cc4)c3)C2=O)c1. The van der Waals surface area contributed by atoms with Gasteiger partial charge in [0, 0.05) is 4.47 Å². The summed E-state index contributed by atoms with van der Waals surface area (Å²) >= 11 is 4.36. The first-order valence-electron chi connectivity index (χ1n) is 10.4. The van der Waals surface area contributed by atoms with Crippen LogP contribution in [0.5, 0.6) is 11.5 Å². The Labute approximate surface area is 205 Å². The Hall–Kier alpha value is -3.03. The molecule has 33 heavy (non-hydrogen) atoms. The van der Waals surface area contributed by atoms with Gasteiger partial charge in [-0.05, 0) is 77.9 Å². The lowest BCUT2D eigenvalue weighted by molar-refractivity contribution is -0.123. The van der Waals surface area contributed by atoms with E-state index in [1.54, 1.807) is 6.08 Å². The second-order valence-electron chi connectivity index (χ2n) is 7.49. The number of nitrogens with zero attached hydrogens (tertiary/aromatic N) is 1. The zero-order valence-corrected chi connectivity index (χ0v) is 20.4. The second-order valence-corrected chi connectivity index (χ2v) is 9.39. The Balaban J connectivity index is 1.36. The third-order valence-corrected chi connectivity index (χ3v) is 6.36. The molecule has 7 heteroatoms. The number of halogens is 1. The molecule has 0 aromatic heterocycles. The average molecular weight is 524 g/mol. The molecule has 3 aromatic rings. The molecule has 0 N–H and O–H groups in total. The van der Waals surface area contributed by atoms with Crippen molar-refractivity contribution in [3.63, 3.8) is 0 Å². The maximum Gasteiger partial charge on any atom is 0.293 e. The first-order chi connectivity index (χ1) is 16.0. The minimum atomic E-state index is -0.306. The topological polar surface area (TPSA) is 55.8 Å². The molecule has 3 aromatic carbocycles. The summed E-state index contributed by atoms with van der Waals surface area (Å²) in [5.41, 5.74) is 2.94. The molecule has 0 spiro atoms. The third kappa shape index (κ3) is 6.27. The minimum Gasteiger partial charge on any atom is -0.492 e. The summed E-state index contributed by atoms with van der Waals surface area (Å²) in [4.78, 5) is 26.8. The normalized spacial score (nSPS) is 14.7. The van der Waals surface area contributed by atoms with Gasteiger partial charge in [0.15, 0.2) is 0 Å². The fourth-order valence-electron chi connectivity index (χ4n) is 3.25. The van der Waals surface area contributed by atoms with Gasteiger partial charge in [0.2, 0.25) is 0 Å². The van der Waals surface area contributed by atoms with E-state index >= 15 is 0 Å². The minimum absolute atomic E-state index is 0.201. The fourth-order valence-corrected chi connectivity index (χ4v) is 4.37. The maximum absolute atomic E-state index is 12.8. The number of aryl methyl sites for hydroxylation is 1. The molecule has 1 fully saturated rings. The molecule has 0 radical (unpaired) electrons. The molecule has 0 bridgehead atoms. The van der Waals surface area contributed by atoms with Crippen LogP contribution in [-0.2, 0) is 11.4 Å². The number of carbonyl (C=O) groups is 2. The molecule has 0 atom stereocenters. The van der Waals surface area contributed by atoms with Crippen molar-refractivity contribution in [3.8, 4) is 11.5 Å². The molecule has 0 saturated carbocycles. The summed E-state index contributed by atoms with van der Waals surface area (Å²) in [6.07, 6.45) is 1.72. The summed E-state index contributed by atoms with van der Waals surface area (Å²) in [6.45, 7) is 2.86. The van der Waals surface area contributed by atoms with Crippen LogP contribution in [-0.4, -0.2) is 29.2 Å². The Morgan fingerprint density at radius 1 is 0.939 bits per heavy atom. The van der Waals surface area contributed by atoms with Gasteiger partial charge in [-0.25, -0.2) is 0 Å². The smallest absolute Gasteiger partial charge is 0.293 e. The van der Waals surface area contributed by atoms with E-state index in [0.29, 0.717) is 17.3 Å². The Bertz CT molecular complexity index is 1190. The lowest BCUT2D eigenvalue weighted by Gasteiger charge is -2.13. The van der Waals surface area contributed by atoms with Crippen LogP contribution in [0, 0.1) is 6.92 Å². The van der Waals surface area contributed by atoms with Crippen molar-refractivity contribution in [3.05, 3.63) is 98.9 Å². The van der Waals surface area contributed by atoms with E-state index in [4.69, 9.17) is 9.47 Å². The molecule has 0 aliphatic carbocycles. The van der Waals surface area contributed by atoms with Crippen LogP contribution in [0.3, 0.4) is 0 Å². The predicted octanol–water partition coefficient (Wildman–Crippen LogP) is 6.45. The summed E-state index contributed by atoms with van der Waals surface area (Å²) in [5.74, 6) is 1.11. The molecule has 0 unspecified atom stereocenters. The highest BCUT2D eigenvalue weighted by Crippen LogP contribution is 2.32. The molecule has 4 rings (SSSR count). The van der Waals surface area contributed by atoms with Crippen LogP contribution in [0.4, 0.5) is 4.79 Å². The number of amides is 2. The van der Waals surface area contributed by atoms with Crippen LogP contribution in [0.2, 0.25) is 0 Å². The van der Waals surface area contributed by atoms with Gasteiger partial charge in [-0.1, -0.05) is 52.3 Å². The summed E-state index contributed by atoms with van der Waals surface area (Å²) < 4.78 is 12.6. The zero-order valence-electron chi connectivity index (χ0n) is 18.0. The molecule has 1 aliphatic heterocycles. The predicted molar refractivity (Wildman–Crippen MR) is 134 cm³/mol. The van der Waals surface area contributed by atoms with Crippen molar-refractivity contribution >= 4 is 44.9 Å². The van der Waals surface area contributed by atoms with Crippen LogP contribution in [0.25, 0.3) is 6.08 Å². The second kappa shape index (κ2) is 10.7. The fraction of sp³-hybridized carbons (Fsp3) is 0.154. The molecule has 1 heterocycles. The number of benzene rings is 3. The molecule has 5 nitrogen and oxygen atoms in total. The zero-order chi connectivity index (χ0) is 23.2. The highest BCUT2D eigenvalue weighted by molar-refractivity contribution is 9.10. The van der Waals surface area contributed by atoms with E-state index in [9.17, 15) is 9.59 Å². The van der Waals surface area contributed by atoms with Crippen molar-refractivity contribution < 1.29 is 19.1 Å². The van der Waals surface area contributed by atoms with Crippen LogP contribution < -0.4 is 9.47 Å². The van der Waals surface area contributed by atoms with Crippen molar-refractivity contribution in [2.45, 2.75) is 13.5 Å². The Kier molecular flexibility index (Phi) is 7.52. The van der Waals surface area contributed by atoms with Crippen LogP contribution >= 0.6 is 27.7 Å². The largest absolute Gasteiger partial charge is 0.492 e. The van der Waals surface area contributed by atoms with E-state index in [2.05, 4.69) is 15.9 Å². The van der Waals surface area contributed by atoms with Crippen molar-refractivity contribution in [1.29, 1.82) is 0 Å². The molecule has 2 amide bonds. The summed E-state index contributed by atoms with van der Waals surface area (Å²) in [7, 11) is 0. The van der Waals surface area contributed by atoms with Crippen molar-refractivity contribution in [2.24, 2.45) is 0 Å². The van der Waals surface area contributed by atoms with Gasteiger partial charge < -0.3 is 9.47 Å². The maximum atomic E-state index is 12.8. The summed E-state index contributed by atoms with van der Waals surface area (Å²) in [6, 6.07) is 23.0. The first-order valence-corrected chi connectivity index (χ1v) is 12.0. The highest BCUT2D eigenvalue weighted by Gasteiger charge is 2.34. The molecule has 1 aliphatic rings. The van der Waals surface area contributed by atoms with Gasteiger partial charge >= 0.3 is 0 Å². The number of carbonyl (C=O) groups excluding carboxylic acids is 2. The van der Waals surface area contributed by atoms with E-state index < -0.39 is 0 Å². The average Bonchev–Trinajstić information content (AvgIpc) is 3.06. The number of ether oxygens (including phenoxy) is 2. The van der Waals surface area contributed by atoms with Gasteiger partial charge in [0.25, 0.3) is 11.1 Å². The lowest BCUT2D eigenvalue weighted by atomic mass is 10.2. The summed E-state index contributed by atoms with van der Waals surface area (Å²) in [5, 5.41) is -0.290. The first kappa shape index (κ1) is 23.1. The van der Waals surface area contributed by atoms with Gasteiger partial charge in [-0.15, -0.1) is 0 Å². The highest BCUT2D eigenvalue weighted by atomic mass is 79.9. The number of thioether (sulfide) groups is 1. The third-order valence-electron chi connectivity index (χ3n) is 4.92. The van der Waals surface area contributed by atoms with E-state index in [0.717, 1.165) is 38.7 Å². The van der Waals surface area contributed by atoms with Gasteiger partial charge in [0.05, 0.1) is 11.4 Å². The molecule has 168 valence electrons. The number of imide groups is 1. The quantitative estimate of drug-likeness (QED) is 0.317. The van der Waals surface area contributed by atoms with Crippen molar-refractivity contribution in [2.75, 3.05) is 13.2 Å². The van der Waals surface area contributed by atoms with E-state index in [-0.39, 0.29) is 24.3 Å². The van der Waals surface area contributed by atoms with E-state index in [1.165, 1.54) is 4.90 Å².